The van der Waals surface area contributed by atoms with E-state index in [0.717, 1.165) is 19.3 Å². The van der Waals surface area contributed by atoms with Crippen LogP contribution in [0.3, 0.4) is 0 Å². The summed E-state index contributed by atoms with van der Waals surface area (Å²) in [6, 6.07) is 11.2. The van der Waals surface area contributed by atoms with Gasteiger partial charge in [0.05, 0.1) is 5.69 Å². The molecule has 0 aliphatic rings. The zero-order chi connectivity index (χ0) is 16.7. The summed E-state index contributed by atoms with van der Waals surface area (Å²) in [5, 5.41) is 12.8. The molecular weight excluding hydrogens is 313 g/mol. The fourth-order valence-electron chi connectivity index (χ4n) is 2.13. The first-order valence-electron chi connectivity index (χ1n) is 7.65. The average Bonchev–Trinajstić information content (AvgIpc) is 2.51. The number of unbranched alkanes of at least 4 members (excludes halogenated alkanes) is 2. The van der Waals surface area contributed by atoms with Crippen LogP contribution in [0.25, 0.3) is 0 Å². The van der Waals surface area contributed by atoms with Crippen molar-refractivity contribution in [1.82, 2.24) is 0 Å². The van der Waals surface area contributed by atoms with E-state index in [-0.39, 0.29) is 17.5 Å². The largest absolute Gasteiger partial charge is 0.506 e. The number of hydrogen-bond acceptors (Lipinski definition) is 3. The number of rotatable bonds is 7. The number of benzene rings is 2. The Morgan fingerprint density at radius 1 is 1.22 bits per heavy atom. The molecule has 0 aliphatic heterocycles. The van der Waals surface area contributed by atoms with Crippen molar-refractivity contribution in [1.29, 1.82) is 0 Å². The second-order valence-electron chi connectivity index (χ2n) is 5.21. The molecule has 2 N–H and O–H groups in total. The lowest BCUT2D eigenvalue weighted by Crippen LogP contribution is -2.12. The van der Waals surface area contributed by atoms with Crippen LogP contribution in [-0.2, 0) is 4.79 Å². The van der Waals surface area contributed by atoms with Gasteiger partial charge in [0.25, 0.3) is 0 Å². The van der Waals surface area contributed by atoms with Gasteiger partial charge in [-0.25, -0.2) is 4.39 Å². The Hall–Kier alpha value is -2.01. The number of hydrogen-bond donors (Lipinski definition) is 2. The summed E-state index contributed by atoms with van der Waals surface area (Å²) in [4.78, 5) is 13.4. The number of para-hydroxylation sites is 1. The van der Waals surface area contributed by atoms with Gasteiger partial charge in [0, 0.05) is 16.2 Å². The summed E-state index contributed by atoms with van der Waals surface area (Å²) in [6.45, 7) is 2.08. The molecule has 122 valence electrons. The van der Waals surface area contributed by atoms with Gasteiger partial charge in [-0.3, -0.25) is 4.79 Å². The molecule has 0 spiro atoms. The Kier molecular flexibility index (Phi) is 6.47. The number of carbonyl (C=O) groups is 1. The lowest BCUT2D eigenvalue weighted by Gasteiger charge is -2.12. The minimum atomic E-state index is -0.319. The van der Waals surface area contributed by atoms with Crippen LogP contribution in [0.4, 0.5) is 10.1 Å². The molecule has 23 heavy (non-hydrogen) atoms. The SMILES string of the molecule is CCCCCC(=O)Nc1c(O)cccc1Sc1cccc(F)c1. The number of carbonyl (C=O) groups excluding carboxylic acids is 1. The van der Waals surface area contributed by atoms with Gasteiger partial charge < -0.3 is 10.4 Å². The number of phenolic OH excluding ortho intramolecular Hbond substituents is 1. The predicted molar refractivity (Wildman–Crippen MR) is 91.4 cm³/mol. The van der Waals surface area contributed by atoms with E-state index in [2.05, 4.69) is 12.2 Å². The molecular formula is C18H20FNO2S. The van der Waals surface area contributed by atoms with Crippen LogP contribution in [0, 0.1) is 5.82 Å². The molecule has 0 unspecified atom stereocenters. The zero-order valence-corrected chi connectivity index (χ0v) is 13.8. The Labute approximate surface area is 139 Å². The van der Waals surface area contributed by atoms with Crippen molar-refractivity contribution in [3.63, 3.8) is 0 Å². The zero-order valence-electron chi connectivity index (χ0n) is 13.0. The Balaban J connectivity index is 2.14. The standard InChI is InChI=1S/C18H20FNO2S/c1-2-3-4-11-17(22)20-18-15(21)9-6-10-16(18)23-14-8-5-7-13(19)12-14/h5-10,12,21H,2-4,11H2,1H3,(H,20,22). The highest BCUT2D eigenvalue weighted by Crippen LogP contribution is 2.38. The molecule has 0 aromatic heterocycles. The molecule has 0 atom stereocenters. The van der Waals surface area contributed by atoms with Gasteiger partial charge in [-0.05, 0) is 36.8 Å². The van der Waals surface area contributed by atoms with Crippen LogP contribution in [0.15, 0.2) is 52.3 Å². The number of anilines is 1. The van der Waals surface area contributed by atoms with E-state index in [9.17, 15) is 14.3 Å². The topological polar surface area (TPSA) is 49.3 Å². The fourth-order valence-corrected chi connectivity index (χ4v) is 3.10. The van der Waals surface area contributed by atoms with Crippen LogP contribution in [0.5, 0.6) is 5.75 Å². The lowest BCUT2D eigenvalue weighted by molar-refractivity contribution is -0.116. The lowest BCUT2D eigenvalue weighted by atomic mass is 10.2. The van der Waals surface area contributed by atoms with E-state index < -0.39 is 0 Å². The molecule has 0 saturated heterocycles. The molecule has 0 heterocycles. The first-order chi connectivity index (χ1) is 11.1. The normalized spacial score (nSPS) is 10.5. The van der Waals surface area contributed by atoms with E-state index in [4.69, 9.17) is 0 Å². The minimum Gasteiger partial charge on any atom is -0.506 e. The molecule has 0 bridgehead atoms. The number of aromatic hydroxyl groups is 1. The highest BCUT2D eigenvalue weighted by molar-refractivity contribution is 7.99. The van der Waals surface area contributed by atoms with Crippen LogP contribution >= 0.6 is 11.8 Å². The maximum atomic E-state index is 13.3. The predicted octanol–water partition coefficient (Wildman–Crippen LogP) is 5.20. The van der Waals surface area contributed by atoms with Crippen LogP contribution in [0.2, 0.25) is 0 Å². The molecule has 2 rings (SSSR count). The van der Waals surface area contributed by atoms with Gasteiger partial charge in [-0.2, -0.15) is 0 Å². The molecule has 2 aromatic carbocycles. The molecule has 5 heteroatoms. The molecule has 1 amide bonds. The summed E-state index contributed by atoms with van der Waals surface area (Å²) in [6.07, 6.45) is 3.29. The molecule has 2 aromatic rings. The van der Waals surface area contributed by atoms with Gasteiger partial charge in [0.1, 0.15) is 11.6 Å². The van der Waals surface area contributed by atoms with Gasteiger partial charge >= 0.3 is 0 Å². The first-order valence-corrected chi connectivity index (χ1v) is 8.47. The summed E-state index contributed by atoms with van der Waals surface area (Å²) in [7, 11) is 0. The van der Waals surface area contributed by atoms with E-state index >= 15 is 0 Å². The van der Waals surface area contributed by atoms with Crippen molar-refractivity contribution < 1.29 is 14.3 Å². The van der Waals surface area contributed by atoms with Crippen molar-refractivity contribution in [2.24, 2.45) is 0 Å². The van der Waals surface area contributed by atoms with E-state index in [0.29, 0.717) is 21.9 Å². The van der Waals surface area contributed by atoms with Gasteiger partial charge in [-0.15, -0.1) is 0 Å². The Morgan fingerprint density at radius 3 is 2.74 bits per heavy atom. The quantitative estimate of drug-likeness (QED) is 0.541. The van der Waals surface area contributed by atoms with Crippen molar-refractivity contribution in [2.75, 3.05) is 5.32 Å². The number of amides is 1. The average molecular weight is 333 g/mol. The van der Waals surface area contributed by atoms with E-state index in [1.807, 2.05) is 0 Å². The first kappa shape index (κ1) is 17.3. The second kappa shape index (κ2) is 8.58. The van der Waals surface area contributed by atoms with Gasteiger partial charge in [0.2, 0.25) is 5.91 Å². The summed E-state index contributed by atoms with van der Waals surface area (Å²) in [5.74, 6) is -0.434. The summed E-state index contributed by atoms with van der Waals surface area (Å²) in [5.41, 5.74) is 0.378. The van der Waals surface area contributed by atoms with Crippen molar-refractivity contribution in [2.45, 2.75) is 42.4 Å². The van der Waals surface area contributed by atoms with Crippen LogP contribution < -0.4 is 5.32 Å². The Bertz CT molecular complexity index is 676. The third kappa shape index (κ3) is 5.28. The maximum Gasteiger partial charge on any atom is 0.224 e. The molecule has 3 nitrogen and oxygen atoms in total. The molecule has 0 fully saturated rings. The van der Waals surface area contributed by atoms with E-state index in [1.54, 1.807) is 24.3 Å². The highest BCUT2D eigenvalue weighted by atomic mass is 32.2. The Morgan fingerprint density at radius 2 is 2.00 bits per heavy atom. The van der Waals surface area contributed by atoms with Crippen molar-refractivity contribution in [3.8, 4) is 5.75 Å². The maximum absolute atomic E-state index is 13.3. The smallest absolute Gasteiger partial charge is 0.224 e. The van der Waals surface area contributed by atoms with Gasteiger partial charge in [0.15, 0.2) is 0 Å². The van der Waals surface area contributed by atoms with Crippen LogP contribution in [-0.4, -0.2) is 11.0 Å². The molecule has 0 saturated carbocycles. The highest BCUT2D eigenvalue weighted by Gasteiger charge is 2.12. The second-order valence-corrected chi connectivity index (χ2v) is 6.33. The monoisotopic (exact) mass is 333 g/mol. The third-order valence-corrected chi connectivity index (χ3v) is 4.35. The summed E-state index contributed by atoms with van der Waals surface area (Å²) >= 11 is 1.30. The number of halogens is 1. The number of nitrogens with one attached hydrogen (secondary N) is 1. The van der Waals surface area contributed by atoms with Crippen molar-refractivity contribution in [3.05, 3.63) is 48.3 Å². The fraction of sp³-hybridized carbons (Fsp3) is 0.278. The molecule has 0 aliphatic carbocycles. The van der Waals surface area contributed by atoms with E-state index in [1.165, 1.54) is 30.0 Å². The van der Waals surface area contributed by atoms with Gasteiger partial charge in [-0.1, -0.05) is 43.7 Å². The molecule has 0 radical (unpaired) electrons. The summed E-state index contributed by atoms with van der Waals surface area (Å²) < 4.78 is 13.3. The number of phenols is 1. The minimum absolute atomic E-state index is 0.00949. The third-order valence-electron chi connectivity index (χ3n) is 3.30. The van der Waals surface area contributed by atoms with Crippen LogP contribution in [0.1, 0.15) is 32.6 Å². The van der Waals surface area contributed by atoms with Crippen molar-refractivity contribution >= 4 is 23.4 Å².